The summed E-state index contributed by atoms with van der Waals surface area (Å²) in [4.78, 5) is 15.8. The molecule has 0 spiro atoms. The van der Waals surface area contributed by atoms with Gasteiger partial charge in [0.1, 0.15) is 11.6 Å². The standard InChI is InChI=1S/C13H16N4O2/c1-3-7-19-11-6-4-5-10(8-11)15-13(18)12-14-9(2)16-17-12/h4-6,8H,3,7H2,1-2H3,(H,15,18)(H,14,16,17). The van der Waals surface area contributed by atoms with Gasteiger partial charge in [0.2, 0.25) is 5.82 Å². The van der Waals surface area contributed by atoms with Crippen LogP contribution in [0.5, 0.6) is 5.75 Å². The van der Waals surface area contributed by atoms with Crippen LogP contribution in [0.1, 0.15) is 29.8 Å². The highest BCUT2D eigenvalue weighted by Gasteiger charge is 2.11. The number of rotatable bonds is 5. The molecule has 1 amide bonds. The first-order valence-electron chi connectivity index (χ1n) is 6.12. The molecule has 0 saturated heterocycles. The van der Waals surface area contributed by atoms with Gasteiger partial charge in [0.05, 0.1) is 6.61 Å². The zero-order valence-electron chi connectivity index (χ0n) is 10.9. The van der Waals surface area contributed by atoms with Gasteiger partial charge in [-0.2, -0.15) is 0 Å². The molecule has 1 aromatic carbocycles. The maximum atomic E-state index is 11.9. The summed E-state index contributed by atoms with van der Waals surface area (Å²) in [6, 6.07) is 7.23. The third kappa shape index (κ3) is 3.54. The summed E-state index contributed by atoms with van der Waals surface area (Å²) in [6.45, 7) is 4.43. The van der Waals surface area contributed by atoms with Gasteiger partial charge in [-0.1, -0.05) is 13.0 Å². The average Bonchev–Trinajstić information content (AvgIpc) is 2.83. The van der Waals surface area contributed by atoms with Crippen LogP contribution in [0.15, 0.2) is 24.3 Å². The number of amides is 1. The minimum absolute atomic E-state index is 0.123. The maximum Gasteiger partial charge on any atom is 0.295 e. The highest BCUT2D eigenvalue weighted by Crippen LogP contribution is 2.17. The first-order valence-corrected chi connectivity index (χ1v) is 6.12. The zero-order valence-corrected chi connectivity index (χ0v) is 10.9. The van der Waals surface area contributed by atoms with Crippen LogP contribution in [-0.4, -0.2) is 27.7 Å². The Morgan fingerprint density at radius 1 is 1.47 bits per heavy atom. The van der Waals surface area contributed by atoms with E-state index in [0.29, 0.717) is 18.1 Å². The second-order valence-electron chi connectivity index (χ2n) is 4.07. The Morgan fingerprint density at radius 3 is 3.00 bits per heavy atom. The fourth-order valence-electron chi connectivity index (χ4n) is 1.51. The number of anilines is 1. The van der Waals surface area contributed by atoms with Crippen LogP contribution in [0, 0.1) is 6.92 Å². The minimum atomic E-state index is -0.350. The van der Waals surface area contributed by atoms with Crippen LogP contribution < -0.4 is 10.1 Å². The number of nitrogens with zero attached hydrogens (tertiary/aromatic N) is 2. The number of carbonyl (C=O) groups is 1. The number of aromatic amines is 1. The summed E-state index contributed by atoms with van der Waals surface area (Å²) in [5, 5.41) is 9.16. The predicted octanol–water partition coefficient (Wildman–Crippen LogP) is 2.15. The molecule has 0 radical (unpaired) electrons. The lowest BCUT2D eigenvalue weighted by Crippen LogP contribution is -2.13. The van der Waals surface area contributed by atoms with E-state index < -0.39 is 0 Å². The summed E-state index contributed by atoms with van der Waals surface area (Å²) >= 11 is 0. The molecule has 100 valence electrons. The molecule has 1 aromatic heterocycles. The number of ether oxygens (including phenoxy) is 1. The Hall–Kier alpha value is -2.37. The van der Waals surface area contributed by atoms with E-state index in [-0.39, 0.29) is 11.7 Å². The van der Waals surface area contributed by atoms with E-state index in [0.717, 1.165) is 12.2 Å². The molecule has 6 heteroatoms. The highest BCUT2D eigenvalue weighted by atomic mass is 16.5. The fraction of sp³-hybridized carbons (Fsp3) is 0.308. The van der Waals surface area contributed by atoms with E-state index in [1.165, 1.54) is 0 Å². The number of hydrogen-bond donors (Lipinski definition) is 2. The van der Waals surface area contributed by atoms with E-state index in [4.69, 9.17) is 4.74 Å². The second kappa shape index (κ2) is 5.99. The third-order valence-electron chi connectivity index (χ3n) is 2.37. The van der Waals surface area contributed by atoms with Crippen molar-refractivity contribution in [1.29, 1.82) is 0 Å². The maximum absolute atomic E-state index is 11.9. The Bertz CT molecular complexity index is 565. The zero-order chi connectivity index (χ0) is 13.7. The van der Waals surface area contributed by atoms with Gasteiger partial charge in [-0.3, -0.25) is 9.89 Å². The van der Waals surface area contributed by atoms with Crippen molar-refractivity contribution in [3.8, 4) is 5.75 Å². The third-order valence-corrected chi connectivity index (χ3v) is 2.37. The number of aromatic nitrogens is 3. The quantitative estimate of drug-likeness (QED) is 0.863. The Labute approximate surface area is 111 Å². The molecule has 19 heavy (non-hydrogen) atoms. The first-order chi connectivity index (χ1) is 9.19. The topological polar surface area (TPSA) is 79.9 Å². The van der Waals surface area contributed by atoms with Crippen LogP contribution in [0.2, 0.25) is 0 Å². The molecular formula is C13H16N4O2. The summed E-state index contributed by atoms with van der Waals surface area (Å²) in [5.74, 6) is 1.10. The van der Waals surface area contributed by atoms with Gasteiger partial charge < -0.3 is 10.1 Å². The number of H-pyrrole nitrogens is 1. The Morgan fingerprint density at radius 2 is 2.32 bits per heavy atom. The van der Waals surface area contributed by atoms with Crippen molar-refractivity contribution in [2.24, 2.45) is 0 Å². The molecule has 0 atom stereocenters. The SMILES string of the molecule is CCCOc1cccc(NC(=O)c2n[nH]c(C)n2)c1. The van der Waals surface area contributed by atoms with Crippen molar-refractivity contribution < 1.29 is 9.53 Å². The van der Waals surface area contributed by atoms with Crippen LogP contribution in [-0.2, 0) is 0 Å². The van der Waals surface area contributed by atoms with E-state index >= 15 is 0 Å². The van der Waals surface area contributed by atoms with Gasteiger partial charge >= 0.3 is 0 Å². The van der Waals surface area contributed by atoms with Gasteiger partial charge in [-0.25, -0.2) is 4.98 Å². The molecule has 2 aromatic rings. The molecule has 0 bridgehead atoms. The number of hydrogen-bond acceptors (Lipinski definition) is 4. The van der Waals surface area contributed by atoms with Crippen molar-refractivity contribution in [3.05, 3.63) is 35.9 Å². The van der Waals surface area contributed by atoms with Crippen LogP contribution in [0.25, 0.3) is 0 Å². The van der Waals surface area contributed by atoms with E-state index in [2.05, 4.69) is 20.5 Å². The largest absolute Gasteiger partial charge is 0.494 e. The van der Waals surface area contributed by atoms with Gasteiger partial charge in [0.25, 0.3) is 5.91 Å². The molecule has 0 aliphatic heterocycles. The molecular weight excluding hydrogens is 244 g/mol. The smallest absolute Gasteiger partial charge is 0.295 e. The highest BCUT2D eigenvalue weighted by molar-refractivity contribution is 6.01. The van der Waals surface area contributed by atoms with Crippen molar-refractivity contribution in [2.45, 2.75) is 20.3 Å². The molecule has 0 fully saturated rings. The molecule has 0 aliphatic carbocycles. The van der Waals surface area contributed by atoms with Gasteiger partial charge in [-0.05, 0) is 25.5 Å². The van der Waals surface area contributed by atoms with Crippen LogP contribution in [0.3, 0.4) is 0 Å². The summed E-state index contributed by atoms with van der Waals surface area (Å²) in [7, 11) is 0. The fourth-order valence-corrected chi connectivity index (χ4v) is 1.51. The van der Waals surface area contributed by atoms with Crippen molar-refractivity contribution >= 4 is 11.6 Å². The van der Waals surface area contributed by atoms with Gasteiger partial charge in [-0.15, -0.1) is 5.10 Å². The molecule has 0 unspecified atom stereocenters. The molecule has 6 nitrogen and oxygen atoms in total. The van der Waals surface area contributed by atoms with E-state index in [1.807, 2.05) is 19.1 Å². The van der Waals surface area contributed by atoms with Crippen molar-refractivity contribution in [1.82, 2.24) is 15.2 Å². The second-order valence-corrected chi connectivity index (χ2v) is 4.07. The summed E-state index contributed by atoms with van der Waals surface area (Å²) < 4.78 is 5.50. The van der Waals surface area contributed by atoms with Gasteiger partial charge in [0.15, 0.2) is 0 Å². The first kappa shape index (κ1) is 13.1. The monoisotopic (exact) mass is 260 g/mol. The lowest BCUT2D eigenvalue weighted by molar-refractivity contribution is 0.101. The molecule has 2 N–H and O–H groups in total. The molecule has 0 aliphatic rings. The summed E-state index contributed by atoms with van der Waals surface area (Å²) in [6.07, 6.45) is 0.938. The number of aryl methyl sites for hydroxylation is 1. The minimum Gasteiger partial charge on any atom is -0.494 e. The Kier molecular flexibility index (Phi) is 4.12. The van der Waals surface area contributed by atoms with E-state index in [1.54, 1.807) is 19.1 Å². The number of nitrogens with one attached hydrogen (secondary N) is 2. The molecule has 2 rings (SSSR count). The normalized spacial score (nSPS) is 10.2. The lowest BCUT2D eigenvalue weighted by Gasteiger charge is -2.07. The average molecular weight is 260 g/mol. The number of carbonyl (C=O) groups excluding carboxylic acids is 1. The van der Waals surface area contributed by atoms with Crippen molar-refractivity contribution in [3.63, 3.8) is 0 Å². The van der Waals surface area contributed by atoms with E-state index in [9.17, 15) is 4.79 Å². The predicted molar refractivity (Wildman–Crippen MR) is 71.3 cm³/mol. The summed E-state index contributed by atoms with van der Waals surface area (Å²) in [5.41, 5.74) is 0.654. The molecule has 1 heterocycles. The van der Waals surface area contributed by atoms with Gasteiger partial charge in [0, 0.05) is 11.8 Å². The number of benzene rings is 1. The van der Waals surface area contributed by atoms with Crippen LogP contribution in [0.4, 0.5) is 5.69 Å². The van der Waals surface area contributed by atoms with Crippen molar-refractivity contribution in [2.75, 3.05) is 11.9 Å². The molecule has 0 saturated carbocycles. The lowest BCUT2D eigenvalue weighted by atomic mass is 10.3. The Balaban J connectivity index is 2.04. The van der Waals surface area contributed by atoms with Crippen LogP contribution >= 0.6 is 0 Å².